The van der Waals surface area contributed by atoms with Crippen LogP contribution < -0.4 is 0 Å². The van der Waals surface area contributed by atoms with Crippen molar-refractivity contribution in [3.05, 3.63) is 46.5 Å². The van der Waals surface area contributed by atoms with Crippen molar-refractivity contribution >= 4 is 17.6 Å². The summed E-state index contributed by atoms with van der Waals surface area (Å²) in [6.07, 6.45) is 4.33. The number of halogens is 1. The summed E-state index contributed by atoms with van der Waals surface area (Å²) in [6, 6.07) is 5.50. The number of carbonyl (C=O) groups is 1. The monoisotopic (exact) mass is 208 g/mol. The third-order valence-corrected chi connectivity index (χ3v) is 2.72. The van der Waals surface area contributed by atoms with Crippen LogP contribution in [0, 0.1) is 0 Å². The van der Waals surface area contributed by atoms with Crippen molar-refractivity contribution in [2.24, 2.45) is 0 Å². The van der Waals surface area contributed by atoms with Crippen molar-refractivity contribution in [3.8, 4) is 0 Å². The fourth-order valence-electron chi connectivity index (χ4n) is 1.74. The van der Waals surface area contributed by atoms with Crippen molar-refractivity contribution in [1.82, 2.24) is 0 Å². The molecule has 1 N–H and O–H groups in total. The molecule has 72 valence electrons. The van der Waals surface area contributed by atoms with E-state index in [4.69, 9.17) is 16.7 Å². The number of hydrogen-bond donors (Lipinski definition) is 1. The van der Waals surface area contributed by atoms with Crippen molar-refractivity contribution < 1.29 is 9.90 Å². The van der Waals surface area contributed by atoms with Crippen LogP contribution in [0.15, 0.2) is 30.4 Å². The van der Waals surface area contributed by atoms with Crippen molar-refractivity contribution in [2.75, 3.05) is 0 Å². The summed E-state index contributed by atoms with van der Waals surface area (Å²) < 4.78 is 0. The van der Waals surface area contributed by atoms with Gasteiger partial charge in [0, 0.05) is 5.02 Å². The first kappa shape index (κ1) is 9.28. The standard InChI is InChI=1S/C11H9ClO2/c12-9-6-2-4-7-3-1-5-8(10(7)9)11(13)14/h1-2,4-6,8H,3H2,(H,13,14). The van der Waals surface area contributed by atoms with E-state index < -0.39 is 11.9 Å². The lowest BCUT2D eigenvalue weighted by Crippen LogP contribution is -2.14. The largest absolute Gasteiger partial charge is 0.481 e. The third-order valence-electron chi connectivity index (χ3n) is 2.39. The molecule has 0 saturated heterocycles. The number of fused-ring (bicyclic) bond motifs is 1. The minimum atomic E-state index is -0.852. The van der Waals surface area contributed by atoms with E-state index >= 15 is 0 Å². The molecule has 3 heteroatoms. The molecular formula is C11H9ClO2. The van der Waals surface area contributed by atoms with Crippen LogP contribution in [0.3, 0.4) is 0 Å². The van der Waals surface area contributed by atoms with Gasteiger partial charge in [-0.25, -0.2) is 0 Å². The molecule has 0 spiro atoms. The topological polar surface area (TPSA) is 37.3 Å². The van der Waals surface area contributed by atoms with E-state index in [9.17, 15) is 4.79 Å². The molecule has 1 unspecified atom stereocenters. The van der Waals surface area contributed by atoms with Gasteiger partial charge in [0.05, 0.1) is 0 Å². The van der Waals surface area contributed by atoms with Gasteiger partial charge in [0.15, 0.2) is 0 Å². The first-order valence-electron chi connectivity index (χ1n) is 4.37. The number of carboxylic acids is 1. The molecule has 2 nitrogen and oxygen atoms in total. The first-order chi connectivity index (χ1) is 6.70. The summed E-state index contributed by atoms with van der Waals surface area (Å²) in [5, 5.41) is 9.54. The Labute approximate surface area is 86.8 Å². The zero-order chi connectivity index (χ0) is 10.1. The van der Waals surface area contributed by atoms with Crippen molar-refractivity contribution in [3.63, 3.8) is 0 Å². The molecule has 0 amide bonds. The molecule has 0 aromatic heterocycles. The average Bonchev–Trinajstić information content (AvgIpc) is 2.17. The van der Waals surface area contributed by atoms with Gasteiger partial charge in [-0.3, -0.25) is 4.79 Å². The zero-order valence-electron chi connectivity index (χ0n) is 7.40. The highest BCUT2D eigenvalue weighted by molar-refractivity contribution is 6.31. The molecule has 0 fully saturated rings. The number of carboxylic acid groups (broad SMARTS) is 1. The summed E-state index contributed by atoms with van der Waals surface area (Å²) in [7, 11) is 0. The van der Waals surface area contributed by atoms with Crippen LogP contribution in [0.5, 0.6) is 0 Å². The predicted molar refractivity (Wildman–Crippen MR) is 54.7 cm³/mol. The van der Waals surface area contributed by atoms with Crippen LogP contribution in [0.4, 0.5) is 0 Å². The van der Waals surface area contributed by atoms with Crippen LogP contribution in [-0.4, -0.2) is 11.1 Å². The Morgan fingerprint density at radius 3 is 3.00 bits per heavy atom. The Morgan fingerprint density at radius 1 is 1.50 bits per heavy atom. The molecule has 1 aromatic carbocycles. The second-order valence-electron chi connectivity index (χ2n) is 3.26. The van der Waals surface area contributed by atoms with E-state index in [0.717, 1.165) is 17.5 Å². The molecule has 1 aliphatic carbocycles. The van der Waals surface area contributed by atoms with E-state index in [1.54, 1.807) is 12.1 Å². The Balaban J connectivity index is 2.57. The molecule has 0 aliphatic heterocycles. The molecule has 0 radical (unpaired) electrons. The fraction of sp³-hybridized carbons (Fsp3) is 0.182. The molecule has 1 aliphatic rings. The number of allylic oxidation sites excluding steroid dienone is 1. The quantitative estimate of drug-likeness (QED) is 0.721. The van der Waals surface area contributed by atoms with Crippen molar-refractivity contribution in [1.29, 1.82) is 0 Å². The highest BCUT2D eigenvalue weighted by Crippen LogP contribution is 2.32. The smallest absolute Gasteiger partial charge is 0.314 e. The highest BCUT2D eigenvalue weighted by atomic mass is 35.5. The number of aliphatic carboxylic acids is 1. The van der Waals surface area contributed by atoms with Gasteiger partial charge < -0.3 is 5.11 Å². The minimum Gasteiger partial charge on any atom is -0.481 e. The first-order valence-corrected chi connectivity index (χ1v) is 4.74. The molecule has 1 atom stereocenters. The van der Waals surface area contributed by atoms with Crippen molar-refractivity contribution in [2.45, 2.75) is 12.3 Å². The lowest BCUT2D eigenvalue weighted by atomic mass is 9.88. The highest BCUT2D eigenvalue weighted by Gasteiger charge is 2.24. The maximum Gasteiger partial charge on any atom is 0.314 e. The summed E-state index contributed by atoms with van der Waals surface area (Å²) in [6.45, 7) is 0. The fourth-order valence-corrected chi connectivity index (χ4v) is 2.05. The lowest BCUT2D eigenvalue weighted by molar-refractivity contribution is -0.137. The van der Waals surface area contributed by atoms with Gasteiger partial charge in [-0.1, -0.05) is 35.9 Å². The molecule has 0 bridgehead atoms. The minimum absolute atomic E-state index is 0.541. The van der Waals surface area contributed by atoms with E-state index in [-0.39, 0.29) is 0 Å². The summed E-state index contributed by atoms with van der Waals surface area (Å²) >= 11 is 5.98. The van der Waals surface area contributed by atoms with E-state index in [0.29, 0.717) is 5.02 Å². The maximum absolute atomic E-state index is 11.0. The van der Waals surface area contributed by atoms with Gasteiger partial charge in [0.1, 0.15) is 5.92 Å². The zero-order valence-corrected chi connectivity index (χ0v) is 8.16. The number of benzene rings is 1. The summed E-state index contributed by atoms with van der Waals surface area (Å²) in [4.78, 5) is 11.0. The Bertz CT molecular complexity index is 410. The maximum atomic E-state index is 11.0. The summed E-state index contributed by atoms with van der Waals surface area (Å²) in [5.74, 6) is -1.44. The molecule has 0 saturated carbocycles. The van der Waals surface area contributed by atoms with Crippen LogP contribution in [0.2, 0.25) is 5.02 Å². The summed E-state index contributed by atoms with van der Waals surface area (Å²) in [5.41, 5.74) is 1.75. The average molecular weight is 209 g/mol. The normalized spacial score (nSPS) is 19.1. The van der Waals surface area contributed by atoms with Crippen LogP contribution in [0.25, 0.3) is 0 Å². The molecule has 14 heavy (non-hydrogen) atoms. The molecule has 1 aromatic rings. The van der Waals surface area contributed by atoms with Crippen LogP contribution >= 0.6 is 11.6 Å². The number of rotatable bonds is 1. The van der Waals surface area contributed by atoms with Gasteiger partial charge in [0.25, 0.3) is 0 Å². The number of hydrogen-bond acceptors (Lipinski definition) is 1. The second-order valence-corrected chi connectivity index (χ2v) is 3.67. The van der Waals surface area contributed by atoms with Gasteiger partial charge in [0.2, 0.25) is 0 Å². The molecule has 2 rings (SSSR count). The van der Waals surface area contributed by atoms with Crippen LogP contribution in [-0.2, 0) is 11.2 Å². The van der Waals surface area contributed by atoms with Gasteiger partial charge >= 0.3 is 5.97 Å². The third kappa shape index (κ3) is 1.42. The van der Waals surface area contributed by atoms with Gasteiger partial charge in [-0.05, 0) is 23.6 Å². The van der Waals surface area contributed by atoms with Crippen LogP contribution in [0.1, 0.15) is 17.0 Å². The van der Waals surface area contributed by atoms with E-state index in [1.165, 1.54) is 0 Å². The van der Waals surface area contributed by atoms with Gasteiger partial charge in [-0.15, -0.1) is 0 Å². The Kier molecular flexibility index (Phi) is 2.30. The Hall–Kier alpha value is -1.28. The van der Waals surface area contributed by atoms with Gasteiger partial charge in [-0.2, -0.15) is 0 Å². The Morgan fingerprint density at radius 2 is 2.29 bits per heavy atom. The second kappa shape index (κ2) is 3.46. The molecule has 0 heterocycles. The van der Waals surface area contributed by atoms with E-state index in [2.05, 4.69) is 0 Å². The van der Waals surface area contributed by atoms with E-state index in [1.807, 2.05) is 18.2 Å². The lowest BCUT2D eigenvalue weighted by Gasteiger charge is -2.18. The SMILES string of the molecule is O=C(O)C1C=CCc2cccc(Cl)c21. The predicted octanol–water partition coefficient (Wildman–Crippen LogP) is 2.62. The molecular weight excluding hydrogens is 200 g/mol.